The molecular formula is C13H23N5O. The molecule has 0 spiro atoms. The molecule has 0 saturated heterocycles. The Kier molecular flexibility index (Phi) is 4.52. The fraction of sp³-hybridized carbons (Fsp3) is 0.769. The summed E-state index contributed by atoms with van der Waals surface area (Å²) in [5.74, 6) is 0.852. The molecule has 1 fully saturated rings. The minimum absolute atomic E-state index is 0.0189. The Labute approximate surface area is 113 Å². The number of carbonyl (C=O) groups excluding carboxylic acids is 1. The maximum Gasteiger partial charge on any atom is 0.223 e. The third kappa shape index (κ3) is 3.53. The number of aromatic nitrogens is 3. The first-order valence-electron chi connectivity index (χ1n) is 6.93. The van der Waals surface area contributed by atoms with Crippen LogP contribution in [-0.4, -0.2) is 39.6 Å². The standard InChI is InChI=1S/C13H23N5O/c1-18(8-11-15-10-16-17-11)12(19)7-13(9-14)5-3-2-4-6-13/h10H,2-9,14H2,1H3,(H,15,16,17). The van der Waals surface area contributed by atoms with Crippen LogP contribution in [0.2, 0.25) is 0 Å². The molecule has 0 aliphatic heterocycles. The lowest BCUT2D eigenvalue weighted by Crippen LogP contribution is -2.39. The minimum atomic E-state index is 0.0189. The van der Waals surface area contributed by atoms with Crippen LogP contribution in [0.25, 0.3) is 0 Å². The third-order valence-electron chi connectivity index (χ3n) is 4.15. The molecule has 1 aromatic rings. The molecule has 0 unspecified atom stereocenters. The van der Waals surface area contributed by atoms with Gasteiger partial charge in [-0.3, -0.25) is 9.89 Å². The normalized spacial score (nSPS) is 18.2. The highest BCUT2D eigenvalue weighted by Crippen LogP contribution is 2.38. The maximum absolute atomic E-state index is 12.3. The molecule has 0 aromatic carbocycles. The fourth-order valence-electron chi connectivity index (χ4n) is 2.83. The SMILES string of the molecule is CN(Cc1ncn[nH]1)C(=O)CC1(CN)CCCCC1. The summed E-state index contributed by atoms with van der Waals surface area (Å²) >= 11 is 0. The van der Waals surface area contributed by atoms with Crippen molar-refractivity contribution in [2.45, 2.75) is 45.1 Å². The van der Waals surface area contributed by atoms with Crippen LogP contribution < -0.4 is 5.73 Å². The van der Waals surface area contributed by atoms with Crippen LogP contribution in [0, 0.1) is 5.41 Å². The Bertz CT molecular complexity index is 397. The van der Waals surface area contributed by atoms with Crippen LogP contribution in [0.5, 0.6) is 0 Å². The average molecular weight is 265 g/mol. The Hall–Kier alpha value is -1.43. The number of amides is 1. The minimum Gasteiger partial charge on any atom is -0.338 e. The van der Waals surface area contributed by atoms with Gasteiger partial charge in [0, 0.05) is 13.5 Å². The molecule has 0 radical (unpaired) electrons. The summed E-state index contributed by atoms with van der Waals surface area (Å²) < 4.78 is 0. The number of aromatic amines is 1. The Morgan fingerprint density at radius 2 is 2.21 bits per heavy atom. The summed E-state index contributed by atoms with van der Waals surface area (Å²) in [7, 11) is 1.80. The number of nitrogens with zero attached hydrogens (tertiary/aromatic N) is 3. The molecule has 1 saturated carbocycles. The largest absolute Gasteiger partial charge is 0.338 e. The van der Waals surface area contributed by atoms with Crippen molar-refractivity contribution in [3.63, 3.8) is 0 Å². The summed E-state index contributed by atoms with van der Waals surface area (Å²) in [6.07, 6.45) is 7.80. The van der Waals surface area contributed by atoms with Crippen LogP contribution in [0.4, 0.5) is 0 Å². The van der Waals surface area contributed by atoms with E-state index in [1.54, 1.807) is 11.9 Å². The van der Waals surface area contributed by atoms with Gasteiger partial charge in [0.05, 0.1) is 6.54 Å². The quantitative estimate of drug-likeness (QED) is 0.833. The number of rotatable bonds is 5. The van der Waals surface area contributed by atoms with Crippen LogP contribution in [0.1, 0.15) is 44.3 Å². The smallest absolute Gasteiger partial charge is 0.223 e. The maximum atomic E-state index is 12.3. The second-order valence-electron chi connectivity index (χ2n) is 5.62. The molecule has 106 valence electrons. The van der Waals surface area contributed by atoms with Crippen molar-refractivity contribution in [1.29, 1.82) is 0 Å². The summed E-state index contributed by atoms with van der Waals surface area (Å²) in [5, 5.41) is 6.56. The Balaban J connectivity index is 1.91. The zero-order valence-corrected chi connectivity index (χ0v) is 11.6. The average Bonchev–Trinajstić information content (AvgIpc) is 2.92. The molecule has 1 aromatic heterocycles. The predicted molar refractivity (Wildman–Crippen MR) is 72.0 cm³/mol. The van der Waals surface area contributed by atoms with Gasteiger partial charge in [0.25, 0.3) is 0 Å². The molecule has 6 nitrogen and oxygen atoms in total. The van der Waals surface area contributed by atoms with Crippen molar-refractivity contribution in [1.82, 2.24) is 20.1 Å². The zero-order chi connectivity index (χ0) is 13.7. The van der Waals surface area contributed by atoms with E-state index in [0.717, 1.165) is 12.8 Å². The van der Waals surface area contributed by atoms with Gasteiger partial charge in [-0.1, -0.05) is 19.3 Å². The summed E-state index contributed by atoms with van der Waals surface area (Å²) in [4.78, 5) is 18.0. The molecule has 0 atom stereocenters. The highest BCUT2D eigenvalue weighted by Gasteiger charge is 2.33. The number of H-pyrrole nitrogens is 1. The first-order chi connectivity index (χ1) is 9.15. The summed E-state index contributed by atoms with van der Waals surface area (Å²) in [5.41, 5.74) is 5.94. The molecule has 3 N–H and O–H groups in total. The van der Waals surface area contributed by atoms with Gasteiger partial charge < -0.3 is 10.6 Å². The van der Waals surface area contributed by atoms with Crippen molar-refractivity contribution >= 4 is 5.91 Å². The highest BCUT2D eigenvalue weighted by atomic mass is 16.2. The van der Waals surface area contributed by atoms with Gasteiger partial charge in [0.2, 0.25) is 5.91 Å². The van der Waals surface area contributed by atoms with Gasteiger partial charge >= 0.3 is 0 Å². The van der Waals surface area contributed by atoms with E-state index in [1.165, 1.54) is 25.6 Å². The Morgan fingerprint density at radius 1 is 1.47 bits per heavy atom. The molecule has 0 bridgehead atoms. The van der Waals surface area contributed by atoms with Crippen molar-refractivity contribution in [2.75, 3.05) is 13.6 Å². The number of nitrogens with two attached hydrogens (primary N) is 1. The number of carbonyl (C=O) groups is 1. The second kappa shape index (κ2) is 6.14. The zero-order valence-electron chi connectivity index (χ0n) is 11.6. The van der Waals surface area contributed by atoms with Crippen molar-refractivity contribution in [3.8, 4) is 0 Å². The summed E-state index contributed by atoms with van der Waals surface area (Å²) in [6, 6.07) is 0. The predicted octanol–water partition coefficient (Wildman–Crippen LogP) is 1.06. The van der Waals surface area contributed by atoms with Gasteiger partial charge in [-0.15, -0.1) is 0 Å². The number of hydrogen-bond acceptors (Lipinski definition) is 4. The first-order valence-corrected chi connectivity index (χ1v) is 6.93. The molecule has 2 rings (SSSR count). The first kappa shape index (κ1) is 14.0. The van der Waals surface area contributed by atoms with E-state index < -0.39 is 0 Å². The molecule has 1 aliphatic carbocycles. The van der Waals surface area contributed by atoms with E-state index in [-0.39, 0.29) is 11.3 Å². The topological polar surface area (TPSA) is 87.9 Å². The van der Waals surface area contributed by atoms with Crippen molar-refractivity contribution in [2.24, 2.45) is 11.1 Å². The lowest BCUT2D eigenvalue weighted by Gasteiger charge is -2.36. The van der Waals surface area contributed by atoms with Gasteiger partial charge in [-0.25, -0.2) is 4.98 Å². The number of nitrogens with one attached hydrogen (secondary N) is 1. The van der Waals surface area contributed by atoms with E-state index in [2.05, 4.69) is 15.2 Å². The third-order valence-corrected chi connectivity index (χ3v) is 4.15. The van der Waals surface area contributed by atoms with E-state index in [9.17, 15) is 4.79 Å². The number of hydrogen-bond donors (Lipinski definition) is 2. The van der Waals surface area contributed by atoms with E-state index in [1.807, 2.05) is 0 Å². The molecule has 6 heteroatoms. The van der Waals surface area contributed by atoms with Gasteiger partial charge in [0.15, 0.2) is 0 Å². The highest BCUT2D eigenvalue weighted by molar-refractivity contribution is 5.76. The van der Waals surface area contributed by atoms with E-state index in [0.29, 0.717) is 25.3 Å². The van der Waals surface area contributed by atoms with Gasteiger partial charge in [0.1, 0.15) is 12.2 Å². The second-order valence-corrected chi connectivity index (χ2v) is 5.62. The lowest BCUT2D eigenvalue weighted by molar-refractivity contribution is -0.133. The van der Waals surface area contributed by atoms with Gasteiger partial charge in [-0.05, 0) is 24.8 Å². The lowest BCUT2D eigenvalue weighted by atomic mass is 9.71. The Morgan fingerprint density at radius 3 is 2.79 bits per heavy atom. The van der Waals surface area contributed by atoms with Crippen LogP contribution in [0.15, 0.2) is 6.33 Å². The fourth-order valence-corrected chi connectivity index (χ4v) is 2.83. The molecular weight excluding hydrogens is 242 g/mol. The van der Waals surface area contributed by atoms with Crippen LogP contribution in [0.3, 0.4) is 0 Å². The summed E-state index contributed by atoms with van der Waals surface area (Å²) in [6.45, 7) is 1.08. The molecule has 1 amide bonds. The van der Waals surface area contributed by atoms with E-state index >= 15 is 0 Å². The van der Waals surface area contributed by atoms with Crippen molar-refractivity contribution in [3.05, 3.63) is 12.2 Å². The van der Waals surface area contributed by atoms with Crippen LogP contribution in [-0.2, 0) is 11.3 Å². The molecule has 19 heavy (non-hydrogen) atoms. The van der Waals surface area contributed by atoms with Gasteiger partial charge in [-0.2, -0.15) is 5.10 Å². The van der Waals surface area contributed by atoms with Crippen LogP contribution >= 0.6 is 0 Å². The monoisotopic (exact) mass is 265 g/mol. The molecule has 1 heterocycles. The van der Waals surface area contributed by atoms with Crippen molar-refractivity contribution < 1.29 is 4.79 Å². The van der Waals surface area contributed by atoms with E-state index in [4.69, 9.17) is 5.73 Å². The molecule has 1 aliphatic rings.